The first-order valence-electron chi connectivity index (χ1n) is 8.11. The third-order valence-corrected chi connectivity index (χ3v) is 4.85. The van der Waals surface area contributed by atoms with Crippen LogP contribution in [0, 0.1) is 0 Å². The Bertz CT molecular complexity index is 844. The van der Waals surface area contributed by atoms with Crippen LogP contribution in [-0.4, -0.2) is 29.4 Å². The number of thiazole rings is 1. The average molecular weight is 353 g/mol. The second-order valence-corrected chi connectivity index (χ2v) is 6.79. The number of carbonyl (C=O) groups excluding carboxylic acids is 2. The SMILES string of the molecule is CC(NC(=O)c1ccccc1)C(=O)NCCc1nc2ccccc2s1. The van der Waals surface area contributed by atoms with Crippen molar-refractivity contribution in [1.29, 1.82) is 0 Å². The van der Waals surface area contributed by atoms with Crippen molar-refractivity contribution in [2.75, 3.05) is 6.54 Å². The Hall–Kier alpha value is -2.73. The summed E-state index contributed by atoms with van der Waals surface area (Å²) < 4.78 is 1.15. The molecule has 1 aromatic heterocycles. The molecule has 1 atom stereocenters. The molecule has 0 fully saturated rings. The smallest absolute Gasteiger partial charge is 0.251 e. The molecule has 2 aromatic carbocycles. The Balaban J connectivity index is 1.47. The number of nitrogens with zero attached hydrogens (tertiary/aromatic N) is 1. The molecule has 3 aromatic rings. The second kappa shape index (κ2) is 7.90. The van der Waals surface area contributed by atoms with E-state index in [0.717, 1.165) is 15.2 Å². The van der Waals surface area contributed by atoms with E-state index in [0.29, 0.717) is 18.5 Å². The number of carbonyl (C=O) groups is 2. The number of hydrogen-bond donors (Lipinski definition) is 2. The summed E-state index contributed by atoms with van der Waals surface area (Å²) >= 11 is 1.63. The van der Waals surface area contributed by atoms with Gasteiger partial charge >= 0.3 is 0 Å². The van der Waals surface area contributed by atoms with E-state index in [1.807, 2.05) is 30.3 Å². The zero-order chi connectivity index (χ0) is 17.6. The first kappa shape index (κ1) is 17.1. The van der Waals surface area contributed by atoms with Gasteiger partial charge in [-0.15, -0.1) is 11.3 Å². The maximum Gasteiger partial charge on any atom is 0.251 e. The molecule has 0 saturated carbocycles. The van der Waals surface area contributed by atoms with Crippen LogP contribution in [0.1, 0.15) is 22.3 Å². The lowest BCUT2D eigenvalue weighted by molar-refractivity contribution is -0.122. The number of rotatable bonds is 6. The molecule has 0 saturated heterocycles. The number of benzene rings is 2. The van der Waals surface area contributed by atoms with Crippen molar-refractivity contribution in [3.63, 3.8) is 0 Å². The van der Waals surface area contributed by atoms with E-state index in [-0.39, 0.29) is 11.8 Å². The van der Waals surface area contributed by atoms with Gasteiger partial charge in [-0.3, -0.25) is 9.59 Å². The Morgan fingerprint density at radius 1 is 1.08 bits per heavy atom. The van der Waals surface area contributed by atoms with Gasteiger partial charge in [0, 0.05) is 18.5 Å². The molecular formula is C19H19N3O2S. The number of fused-ring (bicyclic) bond motifs is 1. The molecule has 1 unspecified atom stereocenters. The Labute approximate surface area is 150 Å². The van der Waals surface area contributed by atoms with Crippen molar-refractivity contribution >= 4 is 33.4 Å². The van der Waals surface area contributed by atoms with Gasteiger partial charge in [0.05, 0.1) is 15.2 Å². The van der Waals surface area contributed by atoms with E-state index in [1.54, 1.807) is 42.5 Å². The van der Waals surface area contributed by atoms with Crippen LogP contribution in [0.2, 0.25) is 0 Å². The summed E-state index contributed by atoms with van der Waals surface area (Å²) in [6, 6.07) is 16.2. The molecule has 0 spiro atoms. The molecule has 0 bridgehead atoms. The number of hydrogen-bond acceptors (Lipinski definition) is 4. The maximum atomic E-state index is 12.1. The van der Waals surface area contributed by atoms with Gasteiger partial charge in [0.25, 0.3) is 5.91 Å². The Morgan fingerprint density at radius 3 is 2.56 bits per heavy atom. The highest BCUT2D eigenvalue weighted by Crippen LogP contribution is 2.21. The van der Waals surface area contributed by atoms with E-state index >= 15 is 0 Å². The molecule has 0 radical (unpaired) electrons. The molecule has 1 heterocycles. The highest BCUT2D eigenvalue weighted by atomic mass is 32.1. The molecule has 3 rings (SSSR count). The van der Waals surface area contributed by atoms with Crippen LogP contribution in [0.5, 0.6) is 0 Å². The van der Waals surface area contributed by atoms with Crippen LogP contribution in [0.4, 0.5) is 0 Å². The molecule has 2 amide bonds. The maximum absolute atomic E-state index is 12.1. The van der Waals surface area contributed by atoms with Gasteiger partial charge in [-0.1, -0.05) is 30.3 Å². The summed E-state index contributed by atoms with van der Waals surface area (Å²) in [6.07, 6.45) is 0.671. The summed E-state index contributed by atoms with van der Waals surface area (Å²) in [5.41, 5.74) is 1.52. The number of amides is 2. The Morgan fingerprint density at radius 2 is 1.80 bits per heavy atom. The van der Waals surface area contributed by atoms with Gasteiger partial charge < -0.3 is 10.6 Å². The largest absolute Gasteiger partial charge is 0.354 e. The van der Waals surface area contributed by atoms with E-state index in [4.69, 9.17) is 0 Å². The van der Waals surface area contributed by atoms with Crippen LogP contribution < -0.4 is 10.6 Å². The van der Waals surface area contributed by atoms with E-state index in [1.165, 1.54) is 0 Å². The van der Waals surface area contributed by atoms with Crippen molar-refractivity contribution in [2.45, 2.75) is 19.4 Å². The molecule has 6 heteroatoms. The van der Waals surface area contributed by atoms with E-state index in [2.05, 4.69) is 15.6 Å². The fourth-order valence-corrected chi connectivity index (χ4v) is 3.37. The lowest BCUT2D eigenvalue weighted by Crippen LogP contribution is -2.45. The predicted molar refractivity (Wildman–Crippen MR) is 99.7 cm³/mol. The quantitative estimate of drug-likeness (QED) is 0.716. The van der Waals surface area contributed by atoms with Crippen molar-refractivity contribution in [1.82, 2.24) is 15.6 Å². The minimum Gasteiger partial charge on any atom is -0.354 e. The van der Waals surface area contributed by atoms with Gasteiger partial charge in [0.1, 0.15) is 6.04 Å². The molecular weight excluding hydrogens is 334 g/mol. The first-order chi connectivity index (χ1) is 12.1. The molecule has 5 nitrogen and oxygen atoms in total. The standard InChI is InChI=1S/C19H19N3O2S/c1-13(21-19(24)14-7-3-2-4-8-14)18(23)20-12-11-17-22-15-9-5-6-10-16(15)25-17/h2-10,13H,11-12H2,1H3,(H,20,23)(H,21,24). The minimum atomic E-state index is -0.594. The highest BCUT2D eigenvalue weighted by molar-refractivity contribution is 7.18. The van der Waals surface area contributed by atoms with Crippen LogP contribution in [-0.2, 0) is 11.2 Å². The number of aromatic nitrogens is 1. The molecule has 0 aliphatic carbocycles. The third kappa shape index (κ3) is 4.42. The number of para-hydroxylation sites is 1. The monoisotopic (exact) mass is 353 g/mol. The Kier molecular flexibility index (Phi) is 5.40. The zero-order valence-corrected chi connectivity index (χ0v) is 14.7. The molecule has 128 valence electrons. The minimum absolute atomic E-state index is 0.203. The van der Waals surface area contributed by atoms with Crippen molar-refractivity contribution in [3.8, 4) is 0 Å². The predicted octanol–water partition coefficient (Wildman–Crippen LogP) is 2.77. The van der Waals surface area contributed by atoms with Gasteiger partial charge in [0.2, 0.25) is 5.91 Å². The van der Waals surface area contributed by atoms with Gasteiger partial charge in [-0.05, 0) is 31.2 Å². The second-order valence-electron chi connectivity index (χ2n) is 5.68. The summed E-state index contributed by atoms with van der Waals surface area (Å²) in [6.45, 7) is 2.16. The molecule has 0 aliphatic heterocycles. The van der Waals surface area contributed by atoms with Gasteiger partial charge in [-0.2, -0.15) is 0 Å². The summed E-state index contributed by atoms with van der Waals surface area (Å²) in [5, 5.41) is 6.54. The van der Waals surface area contributed by atoms with Gasteiger partial charge in [0.15, 0.2) is 0 Å². The van der Waals surface area contributed by atoms with Crippen LogP contribution >= 0.6 is 11.3 Å². The lowest BCUT2D eigenvalue weighted by atomic mass is 10.2. The molecule has 0 aliphatic rings. The summed E-state index contributed by atoms with van der Waals surface area (Å²) in [7, 11) is 0. The summed E-state index contributed by atoms with van der Waals surface area (Å²) in [5.74, 6) is -0.459. The van der Waals surface area contributed by atoms with Crippen molar-refractivity contribution < 1.29 is 9.59 Å². The average Bonchev–Trinajstić information content (AvgIpc) is 3.05. The van der Waals surface area contributed by atoms with E-state index in [9.17, 15) is 9.59 Å². The third-order valence-electron chi connectivity index (χ3n) is 3.75. The van der Waals surface area contributed by atoms with E-state index < -0.39 is 6.04 Å². The van der Waals surface area contributed by atoms with Crippen molar-refractivity contribution in [2.24, 2.45) is 0 Å². The van der Waals surface area contributed by atoms with Crippen LogP contribution in [0.25, 0.3) is 10.2 Å². The highest BCUT2D eigenvalue weighted by Gasteiger charge is 2.16. The normalized spacial score (nSPS) is 11.9. The fraction of sp³-hybridized carbons (Fsp3) is 0.211. The zero-order valence-electron chi connectivity index (χ0n) is 13.9. The summed E-state index contributed by atoms with van der Waals surface area (Å²) in [4.78, 5) is 28.7. The molecule has 25 heavy (non-hydrogen) atoms. The number of nitrogens with one attached hydrogen (secondary N) is 2. The van der Waals surface area contributed by atoms with Crippen LogP contribution in [0.15, 0.2) is 54.6 Å². The molecule has 2 N–H and O–H groups in total. The van der Waals surface area contributed by atoms with Crippen molar-refractivity contribution in [3.05, 3.63) is 65.2 Å². The topological polar surface area (TPSA) is 71.1 Å². The lowest BCUT2D eigenvalue weighted by Gasteiger charge is -2.13. The van der Waals surface area contributed by atoms with Crippen LogP contribution in [0.3, 0.4) is 0 Å². The first-order valence-corrected chi connectivity index (χ1v) is 8.93. The van der Waals surface area contributed by atoms with Gasteiger partial charge in [-0.25, -0.2) is 4.98 Å². The fourth-order valence-electron chi connectivity index (χ4n) is 2.41.